The number of aryl methyl sites for hydroxylation is 1. The second kappa shape index (κ2) is 5.97. The van der Waals surface area contributed by atoms with E-state index in [2.05, 4.69) is 23.9 Å². The van der Waals surface area contributed by atoms with E-state index >= 15 is 0 Å². The number of rotatable bonds is 5. The number of halogens is 1. The Morgan fingerprint density at radius 1 is 1.37 bits per heavy atom. The van der Waals surface area contributed by atoms with Gasteiger partial charge in [0, 0.05) is 12.1 Å². The Morgan fingerprint density at radius 2 is 2.16 bits per heavy atom. The van der Waals surface area contributed by atoms with Gasteiger partial charge in [0.1, 0.15) is 12.1 Å². The first-order valence-electron chi connectivity index (χ1n) is 6.49. The third kappa shape index (κ3) is 3.41. The minimum atomic E-state index is -0.210. The van der Waals surface area contributed by atoms with E-state index in [9.17, 15) is 4.39 Å². The van der Waals surface area contributed by atoms with Crippen LogP contribution in [0.4, 0.5) is 4.39 Å². The highest BCUT2D eigenvalue weighted by Crippen LogP contribution is 2.21. The monoisotopic (exact) mass is 262 g/mol. The number of oxazole rings is 1. The first-order chi connectivity index (χ1) is 9.10. The molecule has 19 heavy (non-hydrogen) atoms. The van der Waals surface area contributed by atoms with Gasteiger partial charge < -0.3 is 9.32 Å². The summed E-state index contributed by atoms with van der Waals surface area (Å²) < 4.78 is 18.7. The van der Waals surface area contributed by atoms with Crippen LogP contribution in [0.1, 0.15) is 24.6 Å². The topological polar surface area (TPSA) is 29.3 Å². The molecule has 0 amide bonds. The number of hydrogen-bond donors (Lipinski definition) is 0. The van der Waals surface area contributed by atoms with Crippen molar-refractivity contribution in [2.75, 3.05) is 13.6 Å². The van der Waals surface area contributed by atoms with Crippen LogP contribution in [0.3, 0.4) is 0 Å². The fourth-order valence-electron chi connectivity index (χ4n) is 2.03. The largest absolute Gasteiger partial charge is 0.444 e. The van der Waals surface area contributed by atoms with Crippen LogP contribution in [0, 0.1) is 12.7 Å². The van der Waals surface area contributed by atoms with Crippen molar-refractivity contribution >= 4 is 0 Å². The average molecular weight is 262 g/mol. The molecule has 0 bridgehead atoms. The lowest BCUT2D eigenvalue weighted by Crippen LogP contribution is -2.18. The molecule has 0 aliphatic heterocycles. The number of nitrogens with zero attached hydrogens (tertiary/aromatic N) is 2. The summed E-state index contributed by atoms with van der Waals surface area (Å²) in [5.74, 6) is 0.334. The summed E-state index contributed by atoms with van der Waals surface area (Å²) in [6, 6.07) is 4.88. The Kier molecular flexibility index (Phi) is 4.32. The van der Waals surface area contributed by atoms with Crippen LogP contribution in [-0.2, 0) is 6.54 Å². The number of benzene rings is 1. The average Bonchev–Trinajstić information content (AvgIpc) is 2.81. The van der Waals surface area contributed by atoms with Crippen LogP contribution in [-0.4, -0.2) is 23.5 Å². The predicted octanol–water partition coefficient (Wildman–Crippen LogP) is 3.63. The lowest BCUT2D eigenvalue weighted by atomic mass is 10.1. The van der Waals surface area contributed by atoms with Gasteiger partial charge in [0.05, 0.1) is 5.69 Å². The summed E-state index contributed by atoms with van der Waals surface area (Å²) in [5, 5.41) is 0. The summed E-state index contributed by atoms with van der Waals surface area (Å²) in [6.45, 7) is 5.67. The lowest BCUT2D eigenvalue weighted by molar-refractivity contribution is 0.323. The first kappa shape index (κ1) is 13.7. The van der Waals surface area contributed by atoms with Crippen molar-refractivity contribution in [2.45, 2.75) is 26.8 Å². The van der Waals surface area contributed by atoms with Crippen molar-refractivity contribution in [3.8, 4) is 11.5 Å². The SMILES string of the molecule is CCCN(C)Cc1coc(-c2ccc(F)c(C)c2)n1. The van der Waals surface area contributed by atoms with Crippen LogP contribution >= 0.6 is 0 Å². The van der Waals surface area contributed by atoms with E-state index in [-0.39, 0.29) is 5.82 Å². The van der Waals surface area contributed by atoms with Gasteiger partial charge in [-0.15, -0.1) is 0 Å². The molecule has 0 unspecified atom stereocenters. The molecule has 2 aromatic rings. The van der Waals surface area contributed by atoms with Crippen molar-refractivity contribution in [3.63, 3.8) is 0 Å². The molecule has 2 rings (SSSR count). The van der Waals surface area contributed by atoms with Gasteiger partial charge >= 0.3 is 0 Å². The zero-order valence-corrected chi connectivity index (χ0v) is 11.6. The van der Waals surface area contributed by atoms with Crippen molar-refractivity contribution in [2.24, 2.45) is 0 Å². The van der Waals surface area contributed by atoms with Gasteiger partial charge in [-0.05, 0) is 50.7 Å². The highest BCUT2D eigenvalue weighted by atomic mass is 19.1. The molecule has 0 N–H and O–H groups in total. The summed E-state index contributed by atoms with van der Waals surface area (Å²) >= 11 is 0. The zero-order valence-electron chi connectivity index (χ0n) is 11.6. The molecule has 1 aromatic carbocycles. The van der Waals surface area contributed by atoms with E-state index in [1.807, 2.05) is 0 Å². The molecule has 4 heteroatoms. The predicted molar refractivity (Wildman–Crippen MR) is 73.3 cm³/mol. The smallest absolute Gasteiger partial charge is 0.226 e. The van der Waals surface area contributed by atoms with Gasteiger partial charge in [0.15, 0.2) is 0 Å². The molecule has 0 fully saturated rings. The fourth-order valence-corrected chi connectivity index (χ4v) is 2.03. The highest BCUT2D eigenvalue weighted by Gasteiger charge is 2.09. The van der Waals surface area contributed by atoms with Gasteiger partial charge in [-0.2, -0.15) is 0 Å². The Labute approximate surface area is 113 Å². The summed E-state index contributed by atoms with van der Waals surface area (Å²) in [4.78, 5) is 6.63. The van der Waals surface area contributed by atoms with Gasteiger partial charge in [0.25, 0.3) is 0 Å². The summed E-state index contributed by atoms with van der Waals surface area (Å²) in [5.41, 5.74) is 2.30. The summed E-state index contributed by atoms with van der Waals surface area (Å²) in [7, 11) is 2.06. The minimum Gasteiger partial charge on any atom is -0.444 e. The molecule has 0 saturated carbocycles. The molecule has 1 heterocycles. The standard InChI is InChI=1S/C15H19FN2O/c1-4-7-18(3)9-13-10-19-15(17-13)12-5-6-14(16)11(2)8-12/h5-6,8,10H,4,7,9H2,1-3H3. The number of hydrogen-bond acceptors (Lipinski definition) is 3. The third-order valence-electron chi connectivity index (χ3n) is 2.99. The molecule has 0 aliphatic carbocycles. The van der Waals surface area contributed by atoms with E-state index < -0.39 is 0 Å². The van der Waals surface area contributed by atoms with E-state index in [4.69, 9.17) is 4.42 Å². The van der Waals surface area contributed by atoms with Crippen LogP contribution < -0.4 is 0 Å². The Morgan fingerprint density at radius 3 is 2.84 bits per heavy atom. The molecule has 1 aromatic heterocycles. The first-order valence-corrected chi connectivity index (χ1v) is 6.49. The molecular weight excluding hydrogens is 243 g/mol. The molecule has 3 nitrogen and oxygen atoms in total. The second-order valence-electron chi connectivity index (χ2n) is 4.85. The van der Waals surface area contributed by atoms with Crippen molar-refractivity contribution in [1.82, 2.24) is 9.88 Å². The van der Waals surface area contributed by atoms with Crippen molar-refractivity contribution < 1.29 is 8.81 Å². The number of aromatic nitrogens is 1. The maximum absolute atomic E-state index is 13.2. The van der Waals surface area contributed by atoms with Gasteiger partial charge in [-0.3, -0.25) is 0 Å². The highest BCUT2D eigenvalue weighted by molar-refractivity contribution is 5.54. The minimum absolute atomic E-state index is 0.210. The van der Waals surface area contributed by atoms with E-state index in [1.54, 1.807) is 25.3 Å². The maximum Gasteiger partial charge on any atom is 0.226 e. The second-order valence-corrected chi connectivity index (χ2v) is 4.85. The molecule has 102 valence electrons. The zero-order chi connectivity index (χ0) is 13.8. The van der Waals surface area contributed by atoms with Crippen LogP contribution in [0.5, 0.6) is 0 Å². The molecule has 0 aliphatic rings. The Bertz CT molecular complexity index is 551. The van der Waals surface area contributed by atoms with E-state index in [1.165, 1.54) is 6.07 Å². The van der Waals surface area contributed by atoms with Crippen molar-refractivity contribution in [1.29, 1.82) is 0 Å². The van der Waals surface area contributed by atoms with E-state index in [0.29, 0.717) is 11.5 Å². The Balaban J connectivity index is 2.14. The molecule has 0 saturated heterocycles. The van der Waals surface area contributed by atoms with Crippen LogP contribution in [0.2, 0.25) is 0 Å². The van der Waals surface area contributed by atoms with E-state index in [0.717, 1.165) is 30.8 Å². The molecule has 0 spiro atoms. The third-order valence-corrected chi connectivity index (χ3v) is 2.99. The quantitative estimate of drug-likeness (QED) is 0.824. The Hall–Kier alpha value is -1.68. The fraction of sp³-hybridized carbons (Fsp3) is 0.400. The van der Waals surface area contributed by atoms with Gasteiger partial charge in [-0.25, -0.2) is 9.37 Å². The molecule has 0 radical (unpaired) electrons. The van der Waals surface area contributed by atoms with Gasteiger partial charge in [-0.1, -0.05) is 6.92 Å². The summed E-state index contributed by atoms with van der Waals surface area (Å²) in [6.07, 6.45) is 2.78. The normalized spacial score (nSPS) is 11.2. The lowest BCUT2D eigenvalue weighted by Gasteiger charge is -2.12. The van der Waals surface area contributed by atoms with Gasteiger partial charge in [0.2, 0.25) is 5.89 Å². The van der Waals surface area contributed by atoms with Crippen LogP contribution in [0.15, 0.2) is 28.9 Å². The molecular formula is C15H19FN2O. The molecule has 0 atom stereocenters. The van der Waals surface area contributed by atoms with Crippen molar-refractivity contribution in [3.05, 3.63) is 41.5 Å². The maximum atomic E-state index is 13.2. The van der Waals surface area contributed by atoms with Crippen LogP contribution in [0.25, 0.3) is 11.5 Å².